The average Bonchev–Trinajstić information content (AvgIpc) is 3.11. The van der Waals surface area contributed by atoms with Crippen molar-refractivity contribution in [2.45, 2.75) is 19.8 Å². The first kappa shape index (κ1) is 23.5. The Hall–Kier alpha value is -4.23. The first-order valence-electron chi connectivity index (χ1n) is 11.3. The Morgan fingerprint density at radius 1 is 0.944 bits per heavy atom. The van der Waals surface area contributed by atoms with E-state index in [2.05, 4.69) is 0 Å². The van der Waals surface area contributed by atoms with Gasteiger partial charge in [-0.05, 0) is 61.9 Å². The molecule has 0 spiro atoms. The molecule has 8 heteroatoms. The van der Waals surface area contributed by atoms with Crippen LogP contribution in [0.5, 0.6) is 5.75 Å². The van der Waals surface area contributed by atoms with Crippen molar-refractivity contribution < 1.29 is 23.5 Å². The van der Waals surface area contributed by atoms with Gasteiger partial charge in [0.15, 0.2) is 5.76 Å². The normalized spacial score (nSPS) is 12.8. The molecule has 0 N–H and O–H groups in total. The van der Waals surface area contributed by atoms with Gasteiger partial charge < -0.3 is 9.15 Å². The van der Waals surface area contributed by atoms with E-state index in [1.807, 2.05) is 13.0 Å². The summed E-state index contributed by atoms with van der Waals surface area (Å²) in [6.07, 6.45) is 0.0668. The molecule has 5 rings (SSSR count). The highest BCUT2D eigenvalue weighted by Crippen LogP contribution is 2.32. The molecule has 180 valence electrons. The van der Waals surface area contributed by atoms with Crippen molar-refractivity contribution in [3.63, 3.8) is 0 Å². The maximum Gasteiger partial charge on any atom is 0.311 e. The molecule has 3 aromatic carbocycles. The number of halogens is 1. The summed E-state index contributed by atoms with van der Waals surface area (Å²) < 4.78 is 11.5. The lowest BCUT2D eigenvalue weighted by Crippen LogP contribution is -2.31. The second-order valence-corrected chi connectivity index (χ2v) is 8.92. The molecule has 1 aromatic heterocycles. The Labute approximate surface area is 210 Å². The summed E-state index contributed by atoms with van der Waals surface area (Å²) >= 11 is 6.00. The van der Waals surface area contributed by atoms with Gasteiger partial charge in [0.1, 0.15) is 5.58 Å². The summed E-state index contributed by atoms with van der Waals surface area (Å²) in [5, 5.41) is 0.797. The number of carbonyl (C=O) groups is 3. The lowest BCUT2D eigenvalue weighted by atomic mass is 10.1. The Morgan fingerprint density at radius 2 is 1.61 bits per heavy atom. The molecular weight excluding hydrogens is 482 g/mol. The minimum Gasteiger partial charge on any atom is -0.452 e. The van der Waals surface area contributed by atoms with E-state index in [-0.39, 0.29) is 42.7 Å². The number of benzene rings is 3. The van der Waals surface area contributed by atoms with Gasteiger partial charge in [0.25, 0.3) is 11.8 Å². The van der Waals surface area contributed by atoms with Crippen LogP contribution in [-0.2, 0) is 4.79 Å². The quantitative estimate of drug-likeness (QED) is 0.259. The van der Waals surface area contributed by atoms with Crippen molar-refractivity contribution in [3.05, 3.63) is 98.7 Å². The molecule has 1 aliphatic rings. The lowest BCUT2D eigenvalue weighted by molar-refractivity contribution is -0.134. The Balaban J connectivity index is 1.37. The van der Waals surface area contributed by atoms with E-state index in [0.717, 1.165) is 10.5 Å². The second kappa shape index (κ2) is 9.43. The van der Waals surface area contributed by atoms with Crippen LogP contribution in [0, 0.1) is 6.92 Å². The summed E-state index contributed by atoms with van der Waals surface area (Å²) in [4.78, 5) is 52.2. The van der Waals surface area contributed by atoms with Crippen LogP contribution in [-0.4, -0.2) is 29.2 Å². The topological polar surface area (TPSA) is 93.9 Å². The fourth-order valence-corrected chi connectivity index (χ4v) is 4.29. The van der Waals surface area contributed by atoms with Gasteiger partial charge in [-0.15, -0.1) is 0 Å². The van der Waals surface area contributed by atoms with Gasteiger partial charge >= 0.3 is 5.97 Å². The summed E-state index contributed by atoms with van der Waals surface area (Å²) in [6, 6.07) is 18.4. The van der Waals surface area contributed by atoms with Gasteiger partial charge in [-0.3, -0.25) is 24.1 Å². The van der Waals surface area contributed by atoms with E-state index in [1.165, 1.54) is 0 Å². The van der Waals surface area contributed by atoms with Crippen LogP contribution >= 0.6 is 11.6 Å². The zero-order valence-corrected chi connectivity index (χ0v) is 20.0. The molecule has 2 amide bonds. The second-order valence-electron chi connectivity index (χ2n) is 8.48. The molecular formula is C28H20ClNO6. The number of hydrogen-bond acceptors (Lipinski definition) is 6. The number of rotatable bonds is 6. The van der Waals surface area contributed by atoms with Crippen LogP contribution in [0.25, 0.3) is 22.3 Å². The highest BCUT2D eigenvalue weighted by Gasteiger charge is 2.34. The van der Waals surface area contributed by atoms with E-state index >= 15 is 0 Å². The third kappa shape index (κ3) is 4.29. The van der Waals surface area contributed by atoms with Crippen molar-refractivity contribution in [1.82, 2.24) is 4.90 Å². The SMILES string of the molecule is Cc1ccc2oc(-c3ccc(Cl)cc3)c(OC(=O)CCCN3C(=O)c4ccccc4C3=O)c(=O)c2c1. The lowest BCUT2D eigenvalue weighted by Gasteiger charge is -2.14. The summed E-state index contributed by atoms with van der Waals surface area (Å²) in [5.41, 5.74) is 1.96. The maximum absolute atomic E-state index is 13.3. The summed E-state index contributed by atoms with van der Waals surface area (Å²) in [6.45, 7) is 1.90. The van der Waals surface area contributed by atoms with Gasteiger partial charge in [-0.2, -0.15) is 0 Å². The van der Waals surface area contributed by atoms with Crippen molar-refractivity contribution >= 4 is 40.4 Å². The molecule has 0 saturated carbocycles. The monoisotopic (exact) mass is 501 g/mol. The molecule has 0 bridgehead atoms. The third-order valence-corrected chi connectivity index (χ3v) is 6.22. The Kier molecular flexibility index (Phi) is 6.16. The summed E-state index contributed by atoms with van der Waals surface area (Å²) in [5.74, 6) is -1.57. The van der Waals surface area contributed by atoms with Crippen LogP contribution in [0.1, 0.15) is 39.1 Å². The molecule has 36 heavy (non-hydrogen) atoms. The van der Waals surface area contributed by atoms with Crippen molar-refractivity contribution in [1.29, 1.82) is 0 Å². The maximum atomic E-state index is 13.3. The van der Waals surface area contributed by atoms with Crippen LogP contribution in [0.4, 0.5) is 0 Å². The summed E-state index contributed by atoms with van der Waals surface area (Å²) in [7, 11) is 0. The fourth-order valence-electron chi connectivity index (χ4n) is 4.16. The van der Waals surface area contributed by atoms with Crippen LogP contribution in [0.3, 0.4) is 0 Å². The number of fused-ring (bicyclic) bond motifs is 2. The minimum atomic E-state index is -0.680. The van der Waals surface area contributed by atoms with Crippen molar-refractivity contribution in [2.24, 2.45) is 0 Å². The molecule has 2 heterocycles. The van der Waals surface area contributed by atoms with Crippen LogP contribution in [0.15, 0.2) is 75.9 Å². The first-order valence-corrected chi connectivity index (χ1v) is 11.7. The number of carbonyl (C=O) groups excluding carboxylic acids is 3. The van der Waals surface area contributed by atoms with E-state index in [1.54, 1.807) is 60.7 Å². The first-order chi connectivity index (χ1) is 17.3. The Bertz CT molecular complexity index is 1550. The standard InChI is InChI=1S/C28H20ClNO6/c1-16-8-13-22-21(15-16)24(32)26(25(35-22)17-9-11-18(29)12-10-17)36-23(31)7-4-14-30-27(33)19-5-2-3-6-20(19)28(30)34/h2-3,5-6,8-13,15H,4,7,14H2,1H3. The fraction of sp³-hybridized carbons (Fsp3) is 0.143. The van der Waals surface area contributed by atoms with Crippen molar-refractivity contribution in [2.75, 3.05) is 6.54 Å². The van der Waals surface area contributed by atoms with Gasteiger partial charge in [-0.25, -0.2) is 0 Å². The molecule has 0 fully saturated rings. The number of amides is 2. The average molecular weight is 502 g/mol. The predicted octanol–water partition coefficient (Wildman–Crippen LogP) is 5.40. The van der Waals surface area contributed by atoms with E-state index < -0.39 is 11.4 Å². The molecule has 0 saturated heterocycles. The van der Waals surface area contributed by atoms with Crippen molar-refractivity contribution in [3.8, 4) is 17.1 Å². The number of imide groups is 1. The Morgan fingerprint density at radius 3 is 2.28 bits per heavy atom. The van der Waals surface area contributed by atoms with Crippen LogP contribution < -0.4 is 10.2 Å². The van der Waals surface area contributed by atoms with Gasteiger partial charge in [0.05, 0.1) is 16.5 Å². The zero-order chi connectivity index (χ0) is 25.4. The number of nitrogens with zero attached hydrogens (tertiary/aromatic N) is 1. The molecule has 0 atom stereocenters. The number of esters is 1. The smallest absolute Gasteiger partial charge is 0.311 e. The molecule has 0 radical (unpaired) electrons. The van der Waals surface area contributed by atoms with Gasteiger partial charge in [0.2, 0.25) is 11.2 Å². The molecule has 0 unspecified atom stereocenters. The third-order valence-electron chi connectivity index (χ3n) is 5.97. The number of aryl methyl sites for hydroxylation is 1. The number of ether oxygens (including phenoxy) is 1. The van der Waals surface area contributed by atoms with E-state index in [9.17, 15) is 19.2 Å². The minimum absolute atomic E-state index is 0.0526. The molecule has 4 aromatic rings. The molecule has 7 nitrogen and oxygen atoms in total. The highest BCUT2D eigenvalue weighted by atomic mass is 35.5. The van der Waals surface area contributed by atoms with Gasteiger partial charge in [-0.1, -0.05) is 35.4 Å². The molecule has 0 aliphatic carbocycles. The molecule has 1 aliphatic heterocycles. The van der Waals surface area contributed by atoms with E-state index in [4.69, 9.17) is 20.8 Å². The van der Waals surface area contributed by atoms with Crippen LogP contribution in [0.2, 0.25) is 5.02 Å². The highest BCUT2D eigenvalue weighted by molar-refractivity contribution is 6.30. The predicted molar refractivity (Wildman–Crippen MR) is 134 cm³/mol. The zero-order valence-electron chi connectivity index (χ0n) is 19.2. The van der Waals surface area contributed by atoms with E-state index in [0.29, 0.717) is 32.7 Å². The number of hydrogen-bond donors (Lipinski definition) is 0. The van der Waals surface area contributed by atoms with Gasteiger partial charge in [0, 0.05) is 23.6 Å². The largest absolute Gasteiger partial charge is 0.452 e.